The number of hydrogen-bond acceptors (Lipinski definition) is 2. The molecule has 0 saturated heterocycles. The normalized spacial score (nSPS) is 13.3. The lowest BCUT2D eigenvalue weighted by Gasteiger charge is -2.24. The summed E-state index contributed by atoms with van der Waals surface area (Å²) in [6, 6.07) is 18.1. The van der Waals surface area contributed by atoms with E-state index in [-0.39, 0.29) is 11.9 Å². The predicted molar refractivity (Wildman–Crippen MR) is 107 cm³/mol. The molecule has 2 rings (SSSR count). The maximum atomic E-state index is 12.8. The van der Waals surface area contributed by atoms with Crippen molar-refractivity contribution in [2.45, 2.75) is 59.1 Å². The zero-order valence-corrected chi connectivity index (χ0v) is 16.4. The minimum Gasteiger partial charge on any atom is -0.481 e. The summed E-state index contributed by atoms with van der Waals surface area (Å²) in [5.74, 6) is 1.17. The third-order valence-electron chi connectivity index (χ3n) is 4.50. The monoisotopic (exact) mass is 353 g/mol. The van der Waals surface area contributed by atoms with Crippen LogP contribution in [0.25, 0.3) is 0 Å². The average molecular weight is 354 g/mol. The summed E-state index contributed by atoms with van der Waals surface area (Å²) in [4.78, 5) is 12.8. The first-order valence-corrected chi connectivity index (χ1v) is 9.64. The summed E-state index contributed by atoms with van der Waals surface area (Å²) in [7, 11) is 0. The highest BCUT2D eigenvalue weighted by molar-refractivity contribution is 5.81. The van der Waals surface area contributed by atoms with Crippen molar-refractivity contribution in [3.63, 3.8) is 0 Å². The molecule has 140 valence electrons. The van der Waals surface area contributed by atoms with Crippen LogP contribution in [0.15, 0.2) is 54.6 Å². The van der Waals surface area contributed by atoms with Crippen LogP contribution < -0.4 is 10.1 Å². The first kappa shape index (κ1) is 20.0. The van der Waals surface area contributed by atoms with E-state index in [0.717, 1.165) is 24.2 Å². The van der Waals surface area contributed by atoms with Crippen LogP contribution in [0, 0.1) is 5.92 Å². The summed E-state index contributed by atoms with van der Waals surface area (Å²) in [6.07, 6.45) is 2.04. The van der Waals surface area contributed by atoms with Gasteiger partial charge in [0.2, 0.25) is 0 Å². The zero-order chi connectivity index (χ0) is 18.9. The highest BCUT2D eigenvalue weighted by Gasteiger charge is 2.23. The molecule has 0 aliphatic rings. The van der Waals surface area contributed by atoms with E-state index in [1.165, 1.54) is 5.56 Å². The molecule has 26 heavy (non-hydrogen) atoms. The van der Waals surface area contributed by atoms with Crippen molar-refractivity contribution in [2.24, 2.45) is 5.92 Å². The molecule has 2 aromatic rings. The molecule has 0 radical (unpaired) electrons. The fourth-order valence-electron chi connectivity index (χ4n) is 2.99. The fourth-order valence-corrected chi connectivity index (χ4v) is 2.99. The Hall–Kier alpha value is -2.29. The van der Waals surface area contributed by atoms with Gasteiger partial charge in [-0.15, -0.1) is 0 Å². The lowest BCUT2D eigenvalue weighted by atomic mass is 9.96. The Morgan fingerprint density at radius 3 is 2.19 bits per heavy atom. The number of carbonyl (C=O) groups excluding carboxylic acids is 1. The minimum absolute atomic E-state index is 0.00353. The number of benzene rings is 2. The van der Waals surface area contributed by atoms with Crippen LogP contribution >= 0.6 is 0 Å². The van der Waals surface area contributed by atoms with Gasteiger partial charge in [0.05, 0.1) is 6.04 Å². The molecule has 1 N–H and O–H groups in total. The van der Waals surface area contributed by atoms with E-state index >= 15 is 0 Å². The third kappa shape index (κ3) is 5.91. The van der Waals surface area contributed by atoms with Gasteiger partial charge >= 0.3 is 0 Å². The van der Waals surface area contributed by atoms with Crippen LogP contribution in [0.3, 0.4) is 0 Å². The molecule has 1 amide bonds. The number of amides is 1. The largest absolute Gasteiger partial charge is 0.481 e. The van der Waals surface area contributed by atoms with E-state index in [4.69, 9.17) is 4.74 Å². The van der Waals surface area contributed by atoms with Crippen molar-refractivity contribution in [1.29, 1.82) is 0 Å². The fraction of sp³-hybridized carbons (Fsp3) is 0.435. The van der Waals surface area contributed by atoms with E-state index in [2.05, 4.69) is 38.2 Å². The van der Waals surface area contributed by atoms with Crippen LogP contribution in [0.4, 0.5) is 0 Å². The highest BCUT2D eigenvalue weighted by atomic mass is 16.5. The van der Waals surface area contributed by atoms with Gasteiger partial charge in [-0.1, -0.05) is 70.2 Å². The summed E-state index contributed by atoms with van der Waals surface area (Å²) in [5, 5.41) is 3.19. The first-order chi connectivity index (χ1) is 12.5. The molecule has 0 heterocycles. The second kappa shape index (κ2) is 10.0. The topological polar surface area (TPSA) is 38.3 Å². The van der Waals surface area contributed by atoms with Gasteiger partial charge in [-0.2, -0.15) is 0 Å². The molecule has 0 aliphatic carbocycles. The Bertz CT molecular complexity index is 664. The molecule has 0 spiro atoms. The van der Waals surface area contributed by atoms with E-state index in [1.54, 1.807) is 0 Å². The van der Waals surface area contributed by atoms with E-state index in [9.17, 15) is 4.79 Å². The average Bonchev–Trinajstić information content (AvgIpc) is 2.66. The van der Waals surface area contributed by atoms with E-state index < -0.39 is 6.10 Å². The van der Waals surface area contributed by atoms with Crippen LogP contribution in [-0.4, -0.2) is 12.0 Å². The van der Waals surface area contributed by atoms with E-state index in [0.29, 0.717) is 12.3 Å². The number of nitrogens with one attached hydrogen (secondary N) is 1. The number of carbonyl (C=O) groups is 1. The molecule has 0 unspecified atom stereocenters. The van der Waals surface area contributed by atoms with Crippen molar-refractivity contribution >= 4 is 5.91 Å². The quantitative estimate of drug-likeness (QED) is 0.663. The molecule has 0 fully saturated rings. The van der Waals surface area contributed by atoms with Gasteiger partial charge in [0.15, 0.2) is 6.10 Å². The summed E-state index contributed by atoms with van der Waals surface area (Å²) in [6.45, 7) is 8.44. The van der Waals surface area contributed by atoms with Crippen LogP contribution in [0.2, 0.25) is 0 Å². The van der Waals surface area contributed by atoms with Crippen molar-refractivity contribution in [3.05, 3.63) is 65.7 Å². The molecule has 3 heteroatoms. The van der Waals surface area contributed by atoms with Gasteiger partial charge in [0, 0.05) is 0 Å². The molecule has 2 aromatic carbocycles. The maximum absolute atomic E-state index is 12.8. The third-order valence-corrected chi connectivity index (χ3v) is 4.50. The van der Waals surface area contributed by atoms with Crippen molar-refractivity contribution in [1.82, 2.24) is 5.32 Å². The SMILES string of the molecule is CCc1ccc(O[C@@H](CC)C(=O)N[C@H](CC(C)C)c2ccccc2)cc1. The lowest BCUT2D eigenvalue weighted by molar-refractivity contribution is -0.129. The Morgan fingerprint density at radius 1 is 1.00 bits per heavy atom. The van der Waals surface area contributed by atoms with Crippen LogP contribution in [0.5, 0.6) is 5.75 Å². The van der Waals surface area contributed by atoms with Gasteiger partial charge < -0.3 is 10.1 Å². The van der Waals surface area contributed by atoms with E-state index in [1.807, 2.05) is 49.4 Å². The minimum atomic E-state index is -0.485. The molecule has 3 nitrogen and oxygen atoms in total. The Kier molecular flexibility index (Phi) is 7.71. The highest BCUT2D eigenvalue weighted by Crippen LogP contribution is 2.22. The predicted octanol–water partition coefficient (Wildman–Crippen LogP) is 5.31. The zero-order valence-electron chi connectivity index (χ0n) is 16.4. The molecule has 0 bridgehead atoms. The van der Waals surface area contributed by atoms with Gasteiger partial charge in [-0.05, 0) is 48.4 Å². The van der Waals surface area contributed by atoms with Crippen molar-refractivity contribution < 1.29 is 9.53 Å². The van der Waals surface area contributed by atoms with Gasteiger partial charge in [0.25, 0.3) is 5.91 Å². The smallest absolute Gasteiger partial charge is 0.261 e. The van der Waals surface area contributed by atoms with Crippen molar-refractivity contribution in [2.75, 3.05) is 0 Å². The Balaban J connectivity index is 2.07. The lowest BCUT2D eigenvalue weighted by Crippen LogP contribution is -2.40. The maximum Gasteiger partial charge on any atom is 0.261 e. The second-order valence-electron chi connectivity index (χ2n) is 7.11. The Morgan fingerprint density at radius 2 is 1.65 bits per heavy atom. The first-order valence-electron chi connectivity index (χ1n) is 9.64. The van der Waals surface area contributed by atoms with Crippen LogP contribution in [-0.2, 0) is 11.2 Å². The number of ether oxygens (including phenoxy) is 1. The number of rotatable bonds is 9. The summed E-state index contributed by atoms with van der Waals surface area (Å²) < 4.78 is 5.95. The number of hydrogen-bond donors (Lipinski definition) is 1. The van der Waals surface area contributed by atoms with Gasteiger partial charge in [0.1, 0.15) is 5.75 Å². The van der Waals surface area contributed by atoms with Gasteiger partial charge in [-0.25, -0.2) is 0 Å². The van der Waals surface area contributed by atoms with Crippen LogP contribution in [0.1, 0.15) is 57.7 Å². The molecular formula is C23H31NO2. The molecule has 2 atom stereocenters. The van der Waals surface area contributed by atoms with Gasteiger partial charge in [-0.3, -0.25) is 4.79 Å². The summed E-state index contributed by atoms with van der Waals surface area (Å²) >= 11 is 0. The molecular weight excluding hydrogens is 322 g/mol. The second-order valence-corrected chi connectivity index (χ2v) is 7.11. The molecule has 0 aromatic heterocycles. The standard InChI is InChI=1S/C23H31NO2/c1-5-18-12-14-20(15-13-18)26-22(6-2)23(25)24-21(16-17(3)4)19-10-8-7-9-11-19/h7-15,17,21-22H,5-6,16H2,1-4H3,(H,24,25)/t21-,22+/m1/s1. The molecule has 0 saturated carbocycles. The molecule has 0 aliphatic heterocycles. The summed E-state index contributed by atoms with van der Waals surface area (Å²) in [5.41, 5.74) is 2.40. The van der Waals surface area contributed by atoms with Crippen molar-refractivity contribution in [3.8, 4) is 5.75 Å². The Labute approximate surface area is 157 Å². The number of aryl methyl sites for hydroxylation is 1.